The first kappa shape index (κ1) is 13.6. The van der Waals surface area contributed by atoms with Crippen LogP contribution < -0.4 is 11.1 Å². The Morgan fingerprint density at radius 3 is 3.00 bits per heavy atom. The first-order chi connectivity index (χ1) is 9.22. The highest BCUT2D eigenvalue weighted by molar-refractivity contribution is 5.97. The van der Waals surface area contributed by atoms with E-state index < -0.39 is 5.97 Å². The van der Waals surface area contributed by atoms with Gasteiger partial charge in [0.05, 0.1) is 17.9 Å². The van der Waals surface area contributed by atoms with Gasteiger partial charge in [-0.2, -0.15) is 0 Å². The Bertz CT molecular complexity index is 444. The largest absolute Gasteiger partial charge is 0.462 e. The number of nitrogens with one attached hydrogen (secondary N) is 1. The van der Waals surface area contributed by atoms with Gasteiger partial charge in [-0.25, -0.2) is 9.78 Å². The molecule has 1 saturated carbocycles. The molecule has 2 rings (SSSR count). The molecule has 0 spiro atoms. The smallest absolute Gasteiger partial charge is 0.340 e. The number of pyridine rings is 1. The molecule has 0 aliphatic heterocycles. The van der Waals surface area contributed by atoms with Crippen LogP contribution in [0.25, 0.3) is 0 Å². The minimum Gasteiger partial charge on any atom is -0.462 e. The molecule has 0 aromatic carbocycles. The number of aromatic nitrogens is 1. The number of nitrogens with zero attached hydrogens (tertiary/aromatic N) is 1. The fourth-order valence-corrected chi connectivity index (χ4v) is 2.18. The van der Waals surface area contributed by atoms with Gasteiger partial charge in [-0.15, -0.1) is 0 Å². The highest BCUT2D eigenvalue weighted by atomic mass is 16.5. The van der Waals surface area contributed by atoms with E-state index in [1.807, 2.05) is 0 Å². The number of carbonyl (C=O) groups excluding carboxylic acids is 1. The van der Waals surface area contributed by atoms with Gasteiger partial charge in [-0.05, 0) is 25.3 Å². The Morgan fingerprint density at radius 2 is 2.37 bits per heavy atom. The summed E-state index contributed by atoms with van der Waals surface area (Å²) in [4.78, 5) is 15.9. The molecular formula is C14H21N3O2. The zero-order valence-electron chi connectivity index (χ0n) is 11.3. The van der Waals surface area contributed by atoms with Crippen LogP contribution in [0.5, 0.6) is 0 Å². The van der Waals surface area contributed by atoms with Crippen molar-refractivity contribution >= 4 is 17.5 Å². The van der Waals surface area contributed by atoms with Crippen LogP contribution in [-0.2, 0) is 4.74 Å². The van der Waals surface area contributed by atoms with Gasteiger partial charge in [0.15, 0.2) is 0 Å². The molecule has 0 radical (unpaired) electrons. The van der Waals surface area contributed by atoms with Crippen molar-refractivity contribution in [3.8, 4) is 0 Å². The van der Waals surface area contributed by atoms with Crippen LogP contribution >= 0.6 is 0 Å². The summed E-state index contributed by atoms with van der Waals surface area (Å²) in [5, 5.41) is 3.21. The average molecular weight is 263 g/mol. The monoisotopic (exact) mass is 263 g/mol. The molecule has 1 heterocycles. The number of nitrogens with two attached hydrogens (primary N) is 1. The van der Waals surface area contributed by atoms with Crippen LogP contribution in [0.2, 0.25) is 0 Å². The SMILES string of the molecule is CCOC(=O)c1ccnc(NCCC2CCC2)c1N. The third-order valence-corrected chi connectivity index (χ3v) is 3.56. The molecule has 5 heteroatoms. The molecule has 1 aliphatic carbocycles. The quantitative estimate of drug-likeness (QED) is 0.771. The van der Waals surface area contributed by atoms with Gasteiger partial charge in [-0.1, -0.05) is 19.3 Å². The highest BCUT2D eigenvalue weighted by Gasteiger charge is 2.18. The van der Waals surface area contributed by atoms with Crippen molar-refractivity contribution in [1.82, 2.24) is 4.98 Å². The van der Waals surface area contributed by atoms with Gasteiger partial charge >= 0.3 is 5.97 Å². The summed E-state index contributed by atoms with van der Waals surface area (Å²) in [7, 11) is 0. The third-order valence-electron chi connectivity index (χ3n) is 3.56. The second kappa shape index (κ2) is 6.41. The highest BCUT2D eigenvalue weighted by Crippen LogP contribution is 2.29. The molecule has 19 heavy (non-hydrogen) atoms. The van der Waals surface area contributed by atoms with Gasteiger partial charge in [0.2, 0.25) is 0 Å². The van der Waals surface area contributed by atoms with Crippen LogP contribution in [0, 0.1) is 5.92 Å². The lowest BCUT2D eigenvalue weighted by Crippen LogP contribution is -2.17. The zero-order chi connectivity index (χ0) is 13.7. The summed E-state index contributed by atoms with van der Waals surface area (Å²) in [6, 6.07) is 1.59. The molecule has 1 aliphatic rings. The first-order valence-corrected chi connectivity index (χ1v) is 6.87. The van der Waals surface area contributed by atoms with Gasteiger partial charge in [0, 0.05) is 12.7 Å². The Labute approximate surface area is 113 Å². The van der Waals surface area contributed by atoms with Crippen LogP contribution in [-0.4, -0.2) is 24.1 Å². The lowest BCUT2D eigenvalue weighted by atomic mass is 9.83. The standard InChI is InChI=1S/C14H21N3O2/c1-2-19-14(18)11-7-9-17-13(12(11)15)16-8-6-10-4-3-5-10/h7,9-10H,2-6,8,15H2,1H3,(H,16,17). The minimum absolute atomic E-state index is 0.338. The molecule has 104 valence electrons. The molecule has 1 fully saturated rings. The number of ether oxygens (including phenoxy) is 1. The Kier molecular flexibility index (Phi) is 4.60. The summed E-state index contributed by atoms with van der Waals surface area (Å²) >= 11 is 0. The van der Waals surface area contributed by atoms with Gasteiger partial charge in [-0.3, -0.25) is 0 Å². The number of rotatable bonds is 6. The first-order valence-electron chi connectivity index (χ1n) is 6.87. The number of nitrogen functional groups attached to an aromatic ring is 1. The third kappa shape index (κ3) is 3.36. The molecule has 1 aromatic rings. The van der Waals surface area contributed by atoms with E-state index in [-0.39, 0.29) is 0 Å². The maximum Gasteiger partial charge on any atom is 0.340 e. The summed E-state index contributed by atoms with van der Waals surface area (Å²) in [5.41, 5.74) is 6.70. The van der Waals surface area contributed by atoms with Crippen molar-refractivity contribution in [2.75, 3.05) is 24.2 Å². The number of esters is 1. The normalized spacial score (nSPS) is 14.8. The van der Waals surface area contributed by atoms with E-state index in [1.54, 1.807) is 19.2 Å². The summed E-state index contributed by atoms with van der Waals surface area (Å²) in [5.74, 6) is 1.01. The van der Waals surface area contributed by atoms with E-state index in [0.29, 0.717) is 23.7 Å². The minimum atomic E-state index is -0.399. The molecule has 5 nitrogen and oxygen atoms in total. The fourth-order valence-electron chi connectivity index (χ4n) is 2.18. The summed E-state index contributed by atoms with van der Waals surface area (Å²) in [6.07, 6.45) is 6.71. The Balaban J connectivity index is 1.95. The number of hydrogen-bond donors (Lipinski definition) is 2. The molecule has 3 N–H and O–H groups in total. The van der Waals surface area contributed by atoms with Gasteiger partial charge in [0.25, 0.3) is 0 Å². The van der Waals surface area contributed by atoms with Crippen LogP contribution in [0.15, 0.2) is 12.3 Å². The van der Waals surface area contributed by atoms with E-state index in [9.17, 15) is 4.79 Å². The zero-order valence-corrected chi connectivity index (χ0v) is 11.3. The van der Waals surface area contributed by atoms with Crippen molar-refractivity contribution in [3.05, 3.63) is 17.8 Å². The van der Waals surface area contributed by atoms with Crippen molar-refractivity contribution in [3.63, 3.8) is 0 Å². The lowest BCUT2D eigenvalue weighted by molar-refractivity contribution is 0.0527. The maximum atomic E-state index is 11.7. The van der Waals surface area contributed by atoms with Crippen molar-refractivity contribution in [2.45, 2.75) is 32.6 Å². The van der Waals surface area contributed by atoms with Gasteiger partial charge < -0.3 is 15.8 Å². The fraction of sp³-hybridized carbons (Fsp3) is 0.571. The molecule has 0 unspecified atom stereocenters. The van der Waals surface area contributed by atoms with E-state index in [4.69, 9.17) is 10.5 Å². The van der Waals surface area contributed by atoms with E-state index >= 15 is 0 Å². The molecule has 0 atom stereocenters. The van der Waals surface area contributed by atoms with E-state index in [1.165, 1.54) is 19.3 Å². The molecular weight excluding hydrogens is 242 g/mol. The molecule has 0 bridgehead atoms. The number of carbonyl (C=O) groups is 1. The van der Waals surface area contributed by atoms with Crippen molar-refractivity contribution < 1.29 is 9.53 Å². The van der Waals surface area contributed by atoms with Gasteiger partial charge in [0.1, 0.15) is 5.82 Å². The van der Waals surface area contributed by atoms with Crippen LogP contribution in [0.3, 0.4) is 0 Å². The van der Waals surface area contributed by atoms with Crippen molar-refractivity contribution in [2.24, 2.45) is 5.92 Å². The topological polar surface area (TPSA) is 77.2 Å². The molecule has 0 amide bonds. The van der Waals surface area contributed by atoms with E-state index in [0.717, 1.165) is 18.9 Å². The number of anilines is 2. The predicted molar refractivity (Wildman–Crippen MR) is 75.1 cm³/mol. The molecule has 1 aromatic heterocycles. The van der Waals surface area contributed by atoms with Crippen molar-refractivity contribution in [1.29, 1.82) is 0 Å². The van der Waals surface area contributed by atoms with Crippen LogP contribution in [0.4, 0.5) is 11.5 Å². The Morgan fingerprint density at radius 1 is 1.58 bits per heavy atom. The number of hydrogen-bond acceptors (Lipinski definition) is 5. The predicted octanol–water partition coefficient (Wildman–Crippen LogP) is 2.44. The van der Waals surface area contributed by atoms with Crippen LogP contribution in [0.1, 0.15) is 43.0 Å². The lowest BCUT2D eigenvalue weighted by Gasteiger charge is -2.25. The second-order valence-corrected chi connectivity index (χ2v) is 4.85. The average Bonchev–Trinajstić information content (AvgIpc) is 2.34. The Hall–Kier alpha value is -1.78. The second-order valence-electron chi connectivity index (χ2n) is 4.85. The summed E-state index contributed by atoms with van der Waals surface area (Å²) in [6.45, 7) is 2.95. The molecule has 0 saturated heterocycles. The van der Waals surface area contributed by atoms with E-state index in [2.05, 4.69) is 10.3 Å². The maximum absolute atomic E-state index is 11.7. The summed E-state index contributed by atoms with van der Waals surface area (Å²) < 4.78 is 4.96.